The maximum atomic E-state index is 14.1. The van der Waals surface area contributed by atoms with Gasteiger partial charge < -0.3 is 19.5 Å². The number of hydrogen-bond donors (Lipinski definition) is 1. The first-order chi connectivity index (χ1) is 19.9. The lowest BCUT2D eigenvalue weighted by Crippen LogP contribution is -2.49. The Kier molecular flexibility index (Phi) is 9.44. The number of rotatable bonds is 12. The number of ether oxygens (including phenoxy) is 2. The Hall–Kier alpha value is -5.02. The minimum absolute atomic E-state index is 0.0378. The quantitative estimate of drug-likeness (QED) is 0.129. The number of azide groups is 2. The minimum Gasteiger partial charge on any atom is -0.494 e. The van der Waals surface area contributed by atoms with E-state index in [2.05, 4.69) is 20.1 Å². The number of hydrogen-bond acceptors (Lipinski definition) is 7. The molecule has 0 unspecified atom stereocenters. The van der Waals surface area contributed by atoms with Crippen LogP contribution in [0.4, 0.5) is 5.69 Å². The largest absolute Gasteiger partial charge is 0.494 e. The summed E-state index contributed by atoms with van der Waals surface area (Å²) >= 11 is 0. The number of nitrogens with zero attached hydrogens (tertiary/aromatic N) is 8. The molecule has 1 amide bonds. The first-order valence-electron chi connectivity index (χ1n) is 13.0. The van der Waals surface area contributed by atoms with E-state index in [-0.39, 0.29) is 31.4 Å². The highest BCUT2D eigenvalue weighted by Crippen LogP contribution is 2.45. The third kappa shape index (κ3) is 6.42. The zero-order valence-corrected chi connectivity index (χ0v) is 22.8. The Morgan fingerprint density at radius 3 is 2.44 bits per heavy atom. The third-order valence-electron chi connectivity index (χ3n) is 6.66. The molecular weight excluding hydrogens is 524 g/mol. The number of carbonyl (C=O) groups excluding carboxylic acids is 1. The minimum atomic E-state index is -1.48. The van der Waals surface area contributed by atoms with E-state index in [1.807, 2.05) is 24.3 Å². The van der Waals surface area contributed by atoms with Gasteiger partial charge in [-0.1, -0.05) is 58.8 Å². The summed E-state index contributed by atoms with van der Waals surface area (Å²) in [6, 6.07) is 21.5. The molecule has 0 bridgehead atoms. The summed E-state index contributed by atoms with van der Waals surface area (Å²) in [6.07, 6.45) is -0.302. The van der Waals surface area contributed by atoms with E-state index in [1.165, 1.54) is 4.90 Å². The van der Waals surface area contributed by atoms with Gasteiger partial charge >= 0.3 is 0 Å². The van der Waals surface area contributed by atoms with Crippen molar-refractivity contribution in [3.05, 3.63) is 116 Å². The SMILES string of the molecule is CN(C)C(=O)[C@]1(Cc2ccccc2N=[N+]=[N-])N=C(c2ccc(OCCCO)cc2)O[C@@H]1c1ccccc1CN=[N+]=[N-]. The summed E-state index contributed by atoms with van der Waals surface area (Å²) in [4.78, 5) is 26.4. The number of carbonyl (C=O) groups is 1. The van der Waals surface area contributed by atoms with Crippen LogP contribution in [0.3, 0.4) is 0 Å². The van der Waals surface area contributed by atoms with E-state index >= 15 is 0 Å². The summed E-state index contributed by atoms with van der Waals surface area (Å²) in [6.45, 7) is 0.474. The number of aliphatic hydroxyl groups is 1. The molecule has 0 fully saturated rings. The van der Waals surface area contributed by atoms with Crippen LogP contribution < -0.4 is 4.74 Å². The Morgan fingerprint density at radius 2 is 1.76 bits per heavy atom. The summed E-state index contributed by atoms with van der Waals surface area (Å²) in [5.74, 6) is 0.568. The van der Waals surface area contributed by atoms with Gasteiger partial charge in [-0.2, -0.15) is 0 Å². The summed E-state index contributed by atoms with van der Waals surface area (Å²) in [5.41, 5.74) is 19.7. The van der Waals surface area contributed by atoms with Crippen molar-refractivity contribution in [2.75, 3.05) is 27.3 Å². The molecule has 1 N–H and O–H groups in total. The molecule has 41 heavy (non-hydrogen) atoms. The molecule has 0 saturated heterocycles. The number of amides is 1. The lowest BCUT2D eigenvalue weighted by Gasteiger charge is -2.34. The average Bonchev–Trinajstić information content (AvgIpc) is 3.37. The maximum absolute atomic E-state index is 14.1. The Bertz CT molecular complexity index is 1510. The second-order valence-corrected chi connectivity index (χ2v) is 9.57. The van der Waals surface area contributed by atoms with E-state index in [9.17, 15) is 4.79 Å². The van der Waals surface area contributed by atoms with Crippen LogP contribution in [-0.2, 0) is 22.5 Å². The fraction of sp³-hybridized carbons (Fsp3) is 0.310. The van der Waals surface area contributed by atoms with Crippen molar-refractivity contribution < 1.29 is 19.4 Å². The van der Waals surface area contributed by atoms with E-state index < -0.39 is 11.6 Å². The van der Waals surface area contributed by atoms with Crippen LogP contribution >= 0.6 is 0 Å². The Morgan fingerprint density at radius 1 is 1.05 bits per heavy atom. The average molecular weight is 555 g/mol. The lowest BCUT2D eigenvalue weighted by atomic mass is 9.80. The molecule has 2 atom stereocenters. The van der Waals surface area contributed by atoms with E-state index in [0.29, 0.717) is 46.7 Å². The Labute approximate surface area is 237 Å². The molecule has 0 spiro atoms. The van der Waals surface area contributed by atoms with Gasteiger partial charge in [0.2, 0.25) is 5.90 Å². The second kappa shape index (κ2) is 13.4. The molecule has 3 aromatic carbocycles. The Balaban J connectivity index is 1.88. The van der Waals surface area contributed by atoms with Gasteiger partial charge in [0.15, 0.2) is 11.6 Å². The van der Waals surface area contributed by atoms with Gasteiger partial charge in [-0.25, -0.2) is 4.99 Å². The first kappa shape index (κ1) is 29.0. The van der Waals surface area contributed by atoms with Crippen molar-refractivity contribution in [2.24, 2.45) is 15.2 Å². The molecule has 12 nitrogen and oxygen atoms in total. The van der Waals surface area contributed by atoms with Crippen LogP contribution in [0, 0.1) is 0 Å². The number of likely N-dealkylation sites (N-methyl/N-ethyl adjacent to an activating group) is 1. The van der Waals surface area contributed by atoms with Gasteiger partial charge in [-0.3, -0.25) is 4.79 Å². The van der Waals surface area contributed by atoms with Crippen LogP contribution in [0.2, 0.25) is 0 Å². The van der Waals surface area contributed by atoms with Crippen LogP contribution in [0.1, 0.15) is 34.8 Å². The highest BCUT2D eigenvalue weighted by molar-refractivity contribution is 6.01. The fourth-order valence-electron chi connectivity index (χ4n) is 4.77. The molecule has 1 aliphatic rings. The van der Waals surface area contributed by atoms with Crippen molar-refractivity contribution in [3.8, 4) is 5.75 Å². The smallest absolute Gasteiger partial charge is 0.254 e. The zero-order valence-electron chi connectivity index (χ0n) is 22.8. The van der Waals surface area contributed by atoms with E-state index in [4.69, 9.17) is 30.6 Å². The molecule has 3 aromatic rings. The molecule has 1 heterocycles. The van der Waals surface area contributed by atoms with Crippen LogP contribution in [0.15, 0.2) is 88.0 Å². The zero-order chi connectivity index (χ0) is 29.2. The second-order valence-electron chi connectivity index (χ2n) is 9.57. The molecule has 0 aromatic heterocycles. The van der Waals surface area contributed by atoms with Crippen LogP contribution in [-0.4, -0.2) is 54.7 Å². The van der Waals surface area contributed by atoms with Gasteiger partial charge in [0.25, 0.3) is 5.91 Å². The van der Waals surface area contributed by atoms with Crippen molar-refractivity contribution in [1.29, 1.82) is 0 Å². The topological polar surface area (TPSA) is 169 Å². The molecule has 4 rings (SSSR count). The van der Waals surface area contributed by atoms with Crippen molar-refractivity contribution in [3.63, 3.8) is 0 Å². The number of aliphatic hydroxyl groups excluding tert-OH is 1. The number of aliphatic imine (C=N–C) groups is 1. The third-order valence-corrected chi connectivity index (χ3v) is 6.66. The van der Waals surface area contributed by atoms with Crippen LogP contribution in [0.5, 0.6) is 5.75 Å². The monoisotopic (exact) mass is 554 g/mol. The molecule has 12 heteroatoms. The lowest BCUT2D eigenvalue weighted by molar-refractivity contribution is -0.137. The molecule has 0 radical (unpaired) electrons. The molecule has 1 aliphatic heterocycles. The highest BCUT2D eigenvalue weighted by Gasteiger charge is 2.54. The van der Waals surface area contributed by atoms with E-state index in [0.717, 1.165) is 0 Å². The van der Waals surface area contributed by atoms with Gasteiger partial charge in [0.1, 0.15) is 5.75 Å². The van der Waals surface area contributed by atoms with Crippen molar-refractivity contribution >= 4 is 17.5 Å². The molecule has 0 saturated carbocycles. The predicted octanol–water partition coefficient (Wildman–Crippen LogP) is 5.79. The van der Waals surface area contributed by atoms with Crippen LogP contribution in [0.25, 0.3) is 20.9 Å². The first-order valence-corrected chi connectivity index (χ1v) is 13.0. The summed E-state index contributed by atoms with van der Waals surface area (Å²) in [7, 11) is 3.30. The van der Waals surface area contributed by atoms with Gasteiger partial charge in [0, 0.05) is 54.6 Å². The van der Waals surface area contributed by atoms with Gasteiger partial charge in [-0.15, -0.1) is 0 Å². The molecule has 210 valence electrons. The predicted molar refractivity (Wildman–Crippen MR) is 154 cm³/mol. The standard InChI is InChI=1S/C29H30N8O4/c1-37(2)28(39)29(18-21-8-4-6-11-25(21)34-36-31)26(24-10-5-3-9-22(24)19-32-35-30)41-27(33-29)20-12-14-23(15-13-20)40-17-7-16-38/h3-6,8-15,26,38H,7,16-19H2,1-2H3/t26-,29-/m1/s1. The van der Waals surface area contributed by atoms with Crippen molar-refractivity contribution in [1.82, 2.24) is 4.90 Å². The van der Waals surface area contributed by atoms with Crippen molar-refractivity contribution in [2.45, 2.75) is 31.0 Å². The summed E-state index contributed by atoms with van der Waals surface area (Å²) < 4.78 is 12.2. The molecule has 0 aliphatic carbocycles. The summed E-state index contributed by atoms with van der Waals surface area (Å²) in [5, 5.41) is 16.6. The maximum Gasteiger partial charge on any atom is 0.254 e. The van der Waals surface area contributed by atoms with Gasteiger partial charge in [-0.05, 0) is 52.0 Å². The van der Waals surface area contributed by atoms with E-state index in [1.54, 1.807) is 62.6 Å². The fourth-order valence-corrected chi connectivity index (χ4v) is 4.77. The highest BCUT2D eigenvalue weighted by atomic mass is 16.5. The van der Waals surface area contributed by atoms with Gasteiger partial charge in [0.05, 0.1) is 13.2 Å². The number of benzene rings is 3. The molecular formula is C29H30N8O4. The normalized spacial score (nSPS) is 17.4.